The molecule has 1 atom stereocenters. The molecule has 96 valence electrons. The SMILES string of the molecule is O=C(CC1(C(=O)O)CCC1)NCC1CCCO1. The Labute approximate surface area is 101 Å². The zero-order valence-corrected chi connectivity index (χ0v) is 9.91. The summed E-state index contributed by atoms with van der Waals surface area (Å²) in [7, 11) is 0. The lowest BCUT2D eigenvalue weighted by molar-refractivity contribution is -0.157. The van der Waals surface area contributed by atoms with Gasteiger partial charge in [0.15, 0.2) is 0 Å². The maximum absolute atomic E-state index is 11.7. The molecule has 1 heterocycles. The third-order valence-corrected chi connectivity index (χ3v) is 3.81. The van der Waals surface area contributed by atoms with E-state index in [2.05, 4.69) is 5.32 Å². The summed E-state index contributed by atoms with van der Waals surface area (Å²) in [6.45, 7) is 1.27. The molecule has 1 unspecified atom stereocenters. The largest absolute Gasteiger partial charge is 0.481 e. The van der Waals surface area contributed by atoms with Crippen LogP contribution in [0.5, 0.6) is 0 Å². The summed E-state index contributed by atoms with van der Waals surface area (Å²) in [5.74, 6) is -1.00. The van der Waals surface area contributed by atoms with E-state index in [0.29, 0.717) is 19.4 Å². The Morgan fingerprint density at radius 1 is 1.35 bits per heavy atom. The van der Waals surface area contributed by atoms with E-state index in [-0.39, 0.29) is 18.4 Å². The van der Waals surface area contributed by atoms with Crippen LogP contribution in [0.2, 0.25) is 0 Å². The van der Waals surface area contributed by atoms with Crippen molar-refractivity contribution in [2.45, 2.75) is 44.6 Å². The number of hydrogen-bond donors (Lipinski definition) is 2. The average Bonchev–Trinajstić information content (AvgIpc) is 2.72. The fourth-order valence-electron chi connectivity index (χ4n) is 2.47. The summed E-state index contributed by atoms with van der Waals surface area (Å²) >= 11 is 0. The third-order valence-electron chi connectivity index (χ3n) is 3.81. The van der Waals surface area contributed by atoms with Crippen LogP contribution in [0.1, 0.15) is 38.5 Å². The Morgan fingerprint density at radius 3 is 2.59 bits per heavy atom. The van der Waals surface area contributed by atoms with Crippen LogP contribution in [0.15, 0.2) is 0 Å². The summed E-state index contributed by atoms with van der Waals surface area (Å²) in [6.07, 6.45) is 4.39. The molecule has 2 N–H and O–H groups in total. The average molecular weight is 241 g/mol. The van der Waals surface area contributed by atoms with Gasteiger partial charge in [-0.2, -0.15) is 0 Å². The maximum Gasteiger partial charge on any atom is 0.310 e. The highest BCUT2D eigenvalue weighted by Gasteiger charge is 2.45. The van der Waals surface area contributed by atoms with Crippen molar-refractivity contribution in [3.63, 3.8) is 0 Å². The van der Waals surface area contributed by atoms with Gasteiger partial charge in [-0.05, 0) is 25.7 Å². The molecular weight excluding hydrogens is 222 g/mol. The molecule has 2 rings (SSSR count). The number of carbonyl (C=O) groups excluding carboxylic acids is 1. The van der Waals surface area contributed by atoms with Crippen molar-refractivity contribution < 1.29 is 19.4 Å². The van der Waals surface area contributed by atoms with Crippen LogP contribution in [0.4, 0.5) is 0 Å². The molecule has 5 nitrogen and oxygen atoms in total. The summed E-state index contributed by atoms with van der Waals surface area (Å²) < 4.78 is 5.39. The molecule has 2 fully saturated rings. The number of amides is 1. The van der Waals surface area contributed by atoms with Gasteiger partial charge in [-0.15, -0.1) is 0 Å². The van der Waals surface area contributed by atoms with E-state index >= 15 is 0 Å². The Morgan fingerprint density at radius 2 is 2.12 bits per heavy atom. The normalized spacial score (nSPS) is 26.2. The highest BCUT2D eigenvalue weighted by Crippen LogP contribution is 2.44. The summed E-state index contributed by atoms with van der Waals surface area (Å²) in [5.41, 5.74) is -0.791. The molecule has 0 aromatic rings. The van der Waals surface area contributed by atoms with E-state index in [4.69, 9.17) is 9.84 Å². The number of hydrogen-bond acceptors (Lipinski definition) is 3. The van der Waals surface area contributed by atoms with E-state index in [1.807, 2.05) is 0 Å². The summed E-state index contributed by atoms with van der Waals surface area (Å²) in [6, 6.07) is 0. The molecule has 1 saturated heterocycles. The minimum atomic E-state index is -0.837. The highest BCUT2D eigenvalue weighted by molar-refractivity contribution is 5.85. The molecule has 1 aliphatic heterocycles. The van der Waals surface area contributed by atoms with E-state index in [9.17, 15) is 9.59 Å². The van der Waals surface area contributed by atoms with E-state index < -0.39 is 11.4 Å². The number of carboxylic acid groups (broad SMARTS) is 1. The van der Waals surface area contributed by atoms with Crippen LogP contribution in [-0.4, -0.2) is 36.2 Å². The predicted octanol–water partition coefficient (Wildman–Crippen LogP) is 0.927. The quantitative estimate of drug-likeness (QED) is 0.750. The van der Waals surface area contributed by atoms with Gasteiger partial charge in [0.25, 0.3) is 0 Å². The first-order valence-corrected chi connectivity index (χ1v) is 6.24. The predicted molar refractivity (Wildman–Crippen MR) is 60.5 cm³/mol. The molecule has 0 radical (unpaired) electrons. The van der Waals surface area contributed by atoms with Crippen LogP contribution in [0.25, 0.3) is 0 Å². The van der Waals surface area contributed by atoms with Crippen molar-refractivity contribution in [1.82, 2.24) is 5.32 Å². The van der Waals surface area contributed by atoms with Crippen LogP contribution >= 0.6 is 0 Å². The van der Waals surface area contributed by atoms with Gasteiger partial charge in [-0.3, -0.25) is 9.59 Å². The second kappa shape index (κ2) is 5.04. The number of carbonyl (C=O) groups is 2. The number of rotatable bonds is 5. The van der Waals surface area contributed by atoms with Gasteiger partial charge in [-0.25, -0.2) is 0 Å². The molecule has 0 aromatic carbocycles. The number of carboxylic acids is 1. The number of nitrogens with one attached hydrogen (secondary N) is 1. The summed E-state index contributed by atoms with van der Waals surface area (Å²) in [5, 5.41) is 11.9. The molecular formula is C12H19NO4. The van der Waals surface area contributed by atoms with E-state index in [1.165, 1.54) is 0 Å². The lowest BCUT2D eigenvalue weighted by Crippen LogP contribution is -2.43. The topological polar surface area (TPSA) is 75.6 Å². The van der Waals surface area contributed by atoms with Crippen molar-refractivity contribution in [2.24, 2.45) is 5.41 Å². The van der Waals surface area contributed by atoms with Crippen molar-refractivity contribution in [3.8, 4) is 0 Å². The number of aliphatic carboxylic acids is 1. The first-order valence-electron chi connectivity index (χ1n) is 6.24. The van der Waals surface area contributed by atoms with Gasteiger partial charge in [-0.1, -0.05) is 6.42 Å². The van der Waals surface area contributed by atoms with Crippen LogP contribution in [0, 0.1) is 5.41 Å². The van der Waals surface area contributed by atoms with E-state index in [1.54, 1.807) is 0 Å². The van der Waals surface area contributed by atoms with Gasteiger partial charge in [0.05, 0.1) is 11.5 Å². The summed E-state index contributed by atoms with van der Waals surface area (Å²) in [4.78, 5) is 22.8. The maximum atomic E-state index is 11.7. The highest BCUT2D eigenvalue weighted by atomic mass is 16.5. The van der Waals surface area contributed by atoms with Crippen molar-refractivity contribution in [2.75, 3.05) is 13.2 Å². The monoisotopic (exact) mass is 241 g/mol. The fraction of sp³-hybridized carbons (Fsp3) is 0.833. The molecule has 1 saturated carbocycles. The molecule has 1 aliphatic carbocycles. The van der Waals surface area contributed by atoms with Gasteiger partial charge >= 0.3 is 5.97 Å². The molecule has 0 aromatic heterocycles. The molecule has 0 bridgehead atoms. The lowest BCUT2D eigenvalue weighted by Gasteiger charge is -2.37. The van der Waals surface area contributed by atoms with Crippen LogP contribution < -0.4 is 5.32 Å². The first-order chi connectivity index (χ1) is 8.12. The molecule has 0 spiro atoms. The van der Waals surface area contributed by atoms with Crippen molar-refractivity contribution in [3.05, 3.63) is 0 Å². The second-order valence-electron chi connectivity index (χ2n) is 5.05. The molecule has 5 heteroatoms. The lowest BCUT2D eigenvalue weighted by atomic mass is 9.66. The van der Waals surface area contributed by atoms with E-state index in [0.717, 1.165) is 25.9 Å². The molecule has 2 aliphatic rings. The Kier molecular flexibility index (Phi) is 3.66. The molecule has 1 amide bonds. The van der Waals surface area contributed by atoms with Crippen LogP contribution in [0.3, 0.4) is 0 Å². The smallest absolute Gasteiger partial charge is 0.310 e. The van der Waals surface area contributed by atoms with Gasteiger partial charge in [0.1, 0.15) is 0 Å². The fourth-order valence-corrected chi connectivity index (χ4v) is 2.47. The third kappa shape index (κ3) is 2.77. The zero-order valence-electron chi connectivity index (χ0n) is 9.91. The Hall–Kier alpha value is -1.10. The first kappa shape index (κ1) is 12.4. The van der Waals surface area contributed by atoms with Gasteiger partial charge in [0, 0.05) is 19.6 Å². The minimum absolute atomic E-state index is 0.106. The van der Waals surface area contributed by atoms with Gasteiger partial charge in [0.2, 0.25) is 5.91 Å². The number of ether oxygens (including phenoxy) is 1. The van der Waals surface area contributed by atoms with Crippen LogP contribution in [-0.2, 0) is 14.3 Å². The minimum Gasteiger partial charge on any atom is -0.481 e. The molecule has 17 heavy (non-hydrogen) atoms. The Balaban J connectivity index is 1.74. The Bertz CT molecular complexity index is 306. The van der Waals surface area contributed by atoms with Gasteiger partial charge < -0.3 is 15.2 Å². The van der Waals surface area contributed by atoms with Crippen molar-refractivity contribution >= 4 is 11.9 Å². The van der Waals surface area contributed by atoms with Crippen molar-refractivity contribution in [1.29, 1.82) is 0 Å². The standard InChI is InChI=1S/C12H19NO4/c14-10(13-8-9-3-1-6-17-9)7-12(11(15)16)4-2-5-12/h9H,1-8H2,(H,13,14)(H,15,16). The second-order valence-corrected chi connectivity index (χ2v) is 5.05. The zero-order chi connectivity index (χ0) is 12.3.